The van der Waals surface area contributed by atoms with Crippen molar-refractivity contribution in [2.75, 3.05) is 7.05 Å². The van der Waals surface area contributed by atoms with E-state index in [1.165, 1.54) is 49.2 Å². The Morgan fingerprint density at radius 1 is 1.18 bits per heavy atom. The molecule has 1 N–H and O–H groups in total. The van der Waals surface area contributed by atoms with E-state index >= 15 is 0 Å². The van der Waals surface area contributed by atoms with E-state index in [0.717, 1.165) is 0 Å². The summed E-state index contributed by atoms with van der Waals surface area (Å²) < 4.78 is 0. The van der Waals surface area contributed by atoms with Crippen LogP contribution in [0.15, 0.2) is 0 Å². The molecule has 1 atom stereocenters. The highest BCUT2D eigenvalue weighted by Gasteiger charge is 2.51. The average molecular weight is 250 g/mol. The quantitative estimate of drug-likeness (QED) is 0.871. The minimum atomic E-state index is 0.127. The maximum absolute atomic E-state index is 4.97. The molecule has 0 spiro atoms. The van der Waals surface area contributed by atoms with E-state index in [2.05, 4.69) is 26.2 Å². The zero-order valence-electron chi connectivity index (χ0n) is 11.1. The first-order valence-corrected chi connectivity index (χ1v) is 7.59. The number of fused-ring (bicyclic) bond motifs is 1. The number of aryl methyl sites for hydroxylation is 2. The van der Waals surface area contributed by atoms with E-state index in [4.69, 9.17) is 4.98 Å². The highest BCUT2D eigenvalue weighted by molar-refractivity contribution is 7.12. The number of hydrogen-bond acceptors (Lipinski definition) is 3. The van der Waals surface area contributed by atoms with Crippen molar-refractivity contribution in [3.8, 4) is 0 Å². The Balaban J connectivity index is 2.05. The van der Waals surface area contributed by atoms with Gasteiger partial charge in [0.05, 0.1) is 11.2 Å². The number of thiazole rings is 1. The van der Waals surface area contributed by atoms with E-state index in [1.807, 2.05) is 11.3 Å². The van der Waals surface area contributed by atoms with Crippen LogP contribution >= 0.6 is 11.3 Å². The molecule has 0 bridgehead atoms. The minimum absolute atomic E-state index is 0.127. The van der Waals surface area contributed by atoms with Gasteiger partial charge in [-0.05, 0) is 44.6 Å². The summed E-state index contributed by atoms with van der Waals surface area (Å²) in [5.74, 6) is 0. The van der Waals surface area contributed by atoms with Gasteiger partial charge in [-0.15, -0.1) is 11.3 Å². The zero-order valence-corrected chi connectivity index (χ0v) is 11.9. The number of nitrogens with zero attached hydrogens (tertiary/aromatic N) is 1. The molecule has 2 aliphatic carbocycles. The number of rotatable bonds is 2. The molecule has 0 amide bonds. The van der Waals surface area contributed by atoms with E-state index in [-0.39, 0.29) is 5.54 Å². The van der Waals surface area contributed by atoms with Crippen LogP contribution in [0.5, 0.6) is 0 Å². The molecular weight excluding hydrogens is 228 g/mol. The Kier molecular flexibility index (Phi) is 2.60. The third-order valence-corrected chi connectivity index (χ3v) is 6.22. The normalized spacial score (nSPS) is 30.8. The summed E-state index contributed by atoms with van der Waals surface area (Å²) in [5.41, 5.74) is 1.84. The van der Waals surface area contributed by atoms with Crippen LogP contribution in [0.1, 0.15) is 55.1 Å². The number of aromatic nitrogens is 1. The molecule has 1 aromatic heterocycles. The predicted octanol–water partition coefficient (Wildman–Crippen LogP) is 3.26. The van der Waals surface area contributed by atoms with Crippen molar-refractivity contribution in [3.05, 3.63) is 15.6 Å². The third kappa shape index (κ3) is 1.52. The molecule has 1 saturated carbocycles. The molecular formula is C14H22N2S. The second-order valence-corrected chi connectivity index (χ2v) is 7.22. The Morgan fingerprint density at radius 3 is 2.59 bits per heavy atom. The molecule has 0 radical (unpaired) electrons. The van der Waals surface area contributed by atoms with Gasteiger partial charge in [-0.2, -0.15) is 0 Å². The van der Waals surface area contributed by atoms with E-state index in [0.29, 0.717) is 5.41 Å². The lowest BCUT2D eigenvalue weighted by Gasteiger charge is -2.40. The largest absolute Gasteiger partial charge is 0.308 e. The summed E-state index contributed by atoms with van der Waals surface area (Å²) in [6, 6.07) is 0. The van der Waals surface area contributed by atoms with Crippen LogP contribution in [0.4, 0.5) is 0 Å². The van der Waals surface area contributed by atoms with Gasteiger partial charge >= 0.3 is 0 Å². The molecule has 3 heteroatoms. The van der Waals surface area contributed by atoms with Crippen LogP contribution in [0, 0.1) is 5.41 Å². The Labute approximate surface area is 108 Å². The third-order valence-electron chi connectivity index (χ3n) is 4.90. The summed E-state index contributed by atoms with van der Waals surface area (Å²) in [4.78, 5) is 6.52. The molecule has 1 heterocycles. The fraction of sp³-hybridized carbons (Fsp3) is 0.786. The predicted molar refractivity (Wildman–Crippen MR) is 72.5 cm³/mol. The van der Waals surface area contributed by atoms with Crippen molar-refractivity contribution in [2.24, 2.45) is 5.41 Å². The first kappa shape index (κ1) is 11.7. The molecule has 3 rings (SSSR count). The van der Waals surface area contributed by atoms with Crippen LogP contribution in [0.2, 0.25) is 0 Å². The standard InChI is InChI=1S/C14H22N2S/c1-13(2)8-5-9-14(13,15-3)12-16-10-6-4-7-11(10)17-12/h15H,4-9H2,1-3H3. The van der Waals surface area contributed by atoms with Crippen molar-refractivity contribution in [3.63, 3.8) is 0 Å². The van der Waals surface area contributed by atoms with Gasteiger partial charge in [-0.25, -0.2) is 4.98 Å². The van der Waals surface area contributed by atoms with E-state index in [9.17, 15) is 0 Å². The smallest absolute Gasteiger partial charge is 0.114 e. The molecule has 1 unspecified atom stereocenters. The van der Waals surface area contributed by atoms with Gasteiger partial charge in [0, 0.05) is 4.88 Å². The Bertz CT molecular complexity index is 414. The van der Waals surface area contributed by atoms with E-state index < -0.39 is 0 Å². The van der Waals surface area contributed by atoms with Gasteiger partial charge in [-0.1, -0.05) is 20.3 Å². The van der Waals surface area contributed by atoms with Crippen LogP contribution in [0.3, 0.4) is 0 Å². The maximum Gasteiger partial charge on any atom is 0.114 e. The van der Waals surface area contributed by atoms with Crippen molar-refractivity contribution in [2.45, 2.75) is 57.9 Å². The molecule has 94 valence electrons. The summed E-state index contributed by atoms with van der Waals surface area (Å²) in [7, 11) is 2.11. The van der Waals surface area contributed by atoms with Crippen LogP contribution < -0.4 is 5.32 Å². The fourth-order valence-electron chi connectivity index (χ4n) is 3.69. The Morgan fingerprint density at radius 2 is 2.00 bits per heavy atom. The maximum atomic E-state index is 4.97. The molecule has 17 heavy (non-hydrogen) atoms. The van der Waals surface area contributed by atoms with Gasteiger partial charge in [0.25, 0.3) is 0 Å². The van der Waals surface area contributed by atoms with Gasteiger partial charge < -0.3 is 5.32 Å². The van der Waals surface area contributed by atoms with Crippen molar-refractivity contribution in [1.82, 2.24) is 10.3 Å². The topological polar surface area (TPSA) is 24.9 Å². The van der Waals surface area contributed by atoms with Crippen LogP contribution in [0.25, 0.3) is 0 Å². The average Bonchev–Trinajstić information content (AvgIpc) is 2.89. The lowest BCUT2D eigenvalue weighted by Crippen LogP contribution is -2.48. The zero-order chi connectivity index (χ0) is 12.1. The number of hydrogen-bond donors (Lipinski definition) is 1. The van der Waals surface area contributed by atoms with Gasteiger partial charge in [0.1, 0.15) is 5.01 Å². The fourth-order valence-corrected chi connectivity index (χ4v) is 5.24. The lowest BCUT2D eigenvalue weighted by molar-refractivity contribution is 0.167. The van der Waals surface area contributed by atoms with E-state index in [1.54, 1.807) is 4.88 Å². The Hall–Kier alpha value is -0.410. The molecule has 1 fully saturated rings. The summed E-state index contributed by atoms with van der Waals surface area (Å²) in [6.07, 6.45) is 7.63. The summed E-state index contributed by atoms with van der Waals surface area (Å²) in [5, 5.41) is 4.97. The van der Waals surface area contributed by atoms with Crippen LogP contribution in [-0.2, 0) is 18.4 Å². The van der Waals surface area contributed by atoms with Crippen molar-refractivity contribution < 1.29 is 0 Å². The molecule has 0 aliphatic heterocycles. The van der Waals surface area contributed by atoms with Crippen molar-refractivity contribution >= 4 is 11.3 Å². The highest BCUT2D eigenvalue weighted by Crippen LogP contribution is 2.53. The first-order valence-electron chi connectivity index (χ1n) is 6.77. The molecule has 2 aliphatic rings. The molecule has 1 aromatic rings. The lowest BCUT2D eigenvalue weighted by atomic mass is 9.75. The second kappa shape index (κ2) is 3.79. The highest BCUT2D eigenvalue weighted by atomic mass is 32.1. The summed E-state index contributed by atoms with van der Waals surface area (Å²) in [6.45, 7) is 4.78. The summed E-state index contributed by atoms with van der Waals surface area (Å²) >= 11 is 1.97. The SMILES string of the molecule is CNC1(c2nc3c(s2)CCC3)CCCC1(C)C. The molecule has 0 aromatic carbocycles. The molecule has 2 nitrogen and oxygen atoms in total. The van der Waals surface area contributed by atoms with Gasteiger partial charge in [-0.3, -0.25) is 0 Å². The van der Waals surface area contributed by atoms with Gasteiger partial charge in [0.15, 0.2) is 0 Å². The first-order chi connectivity index (χ1) is 8.09. The van der Waals surface area contributed by atoms with Crippen LogP contribution in [-0.4, -0.2) is 12.0 Å². The van der Waals surface area contributed by atoms with Crippen molar-refractivity contribution in [1.29, 1.82) is 0 Å². The monoisotopic (exact) mass is 250 g/mol. The molecule has 0 saturated heterocycles. The van der Waals surface area contributed by atoms with Gasteiger partial charge in [0.2, 0.25) is 0 Å². The number of nitrogens with one attached hydrogen (secondary N) is 1. The second-order valence-electron chi connectivity index (χ2n) is 6.14. The minimum Gasteiger partial charge on any atom is -0.308 e.